The summed E-state index contributed by atoms with van der Waals surface area (Å²) < 4.78 is 6.97. The molecule has 0 bridgehead atoms. The van der Waals surface area contributed by atoms with Crippen molar-refractivity contribution in [2.75, 3.05) is 19.8 Å². The van der Waals surface area contributed by atoms with Crippen molar-refractivity contribution < 1.29 is 9.53 Å². The lowest BCUT2D eigenvalue weighted by atomic mass is 10.2. The van der Waals surface area contributed by atoms with Gasteiger partial charge in [-0.1, -0.05) is 13.3 Å². The molecule has 6 nitrogen and oxygen atoms in total. The predicted molar refractivity (Wildman–Crippen MR) is 101 cm³/mol. The molecule has 1 N–H and O–H groups in total. The van der Waals surface area contributed by atoms with E-state index in [0.717, 1.165) is 41.1 Å². The number of carbonyl (C=O) groups excluding carboxylic acids is 1. The highest BCUT2D eigenvalue weighted by molar-refractivity contribution is 7.18. The maximum Gasteiger partial charge on any atom is 0.262 e. The van der Waals surface area contributed by atoms with E-state index in [0.29, 0.717) is 25.1 Å². The van der Waals surface area contributed by atoms with Crippen LogP contribution in [0.15, 0.2) is 11.1 Å². The third kappa shape index (κ3) is 5.37. The van der Waals surface area contributed by atoms with Crippen LogP contribution >= 0.6 is 11.3 Å². The Hall–Kier alpha value is -1.73. The highest BCUT2D eigenvalue weighted by Crippen LogP contribution is 2.25. The van der Waals surface area contributed by atoms with Crippen molar-refractivity contribution in [2.45, 2.75) is 53.0 Å². The van der Waals surface area contributed by atoms with Crippen molar-refractivity contribution in [1.29, 1.82) is 0 Å². The van der Waals surface area contributed by atoms with Gasteiger partial charge in [0.1, 0.15) is 4.83 Å². The summed E-state index contributed by atoms with van der Waals surface area (Å²) >= 11 is 1.53. The molecule has 2 aromatic heterocycles. The average Bonchev–Trinajstić information content (AvgIpc) is 2.88. The minimum absolute atomic E-state index is 0.0567. The Balaban J connectivity index is 1.78. The molecule has 0 saturated heterocycles. The van der Waals surface area contributed by atoms with Gasteiger partial charge in [0.25, 0.3) is 5.56 Å². The molecule has 0 aliphatic rings. The fourth-order valence-electron chi connectivity index (χ4n) is 2.49. The lowest BCUT2D eigenvalue weighted by Gasteiger charge is -2.07. The second-order valence-electron chi connectivity index (χ2n) is 6.13. The van der Waals surface area contributed by atoms with Crippen molar-refractivity contribution >= 4 is 27.5 Å². The number of hydrogen-bond donors (Lipinski definition) is 1. The van der Waals surface area contributed by atoms with Crippen molar-refractivity contribution in [3.8, 4) is 0 Å². The second-order valence-corrected chi connectivity index (χ2v) is 7.33. The van der Waals surface area contributed by atoms with E-state index < -0.39 is 0 Å². The van der Waals surface area contributed by atoms with Gasteiger partial charge in [-0.3, -0.25) is 14.2 Å². The standard InChI is InChI=1S/C18H27N3O3S/c1-4-5-10-24-11-6-8-19-15(22)7-9-21-12-20-17-16(18(21)23)13(2)14(3)25-17/h12H,4-11H2,1-3H3,(H,19,22). The van der Waals surface area contributed by atoms with E-state index in [2.05, 4.69) is 17.2 Å². The molecule has 2 heterocycles. The molecule has 2 rings (SSSR count). The van der Waals surface area contributed by atoms with Crippen LogP contribution in [0.25, 0.3) is 10.2 Å². The highest BCUT2D eigenvalue weighted by atomic mass is 32.1. The van der Waals surface area contributed by atoms with E-state index in [4.69, 9.17) is 4.74 Å². The highest BCUT2D eigenvalue weighted by Gasteiger charge is 2.12. The number of thiophene rings is 1. The summed E-state index contributed by atoms with van der Waals surface area (Å²) in [6.07, 6.45) is 4.81. The van der Waals surface area contributed by atoms with Gasteiger partial charge in [-0.2, -0.15) is 0 Å². The fraction of sp³-hybridized carbons (Fsp3) is 0.611. The fourth-order valence-corrected chi connectivity index (χ4v) is 3.48. The van der Waals surface area contributed by atoms with E-state index >= 15 is 0 Å². The van der Waals surface area contributed by atoms with Gasteiger partial charge >= 0.3 is 0 Å². The number of aromatic nitrogens is 2. The van der Waals surface area contributed by atoms with E-state index in [1.165, 1.54) is 22.2 Å². The number of unbranched alkanes of at least 4 members (excludes halogenated alkanes) is 1. The van der Waals surface area contributed by atoms with Crippen molar-refractivity contribution in [3.63, 3.8) is 0 Å². The van der Waals surface area contributed by atoms with Crippen LogP contribution in [0.4, 0.5) is 0 Å². The van der Waals surface area contributed by atoms with Crippen LogP contribution in [0.1, 0.15) is 43.0 Å². The molecule has 7 heteroatoms. The Bertz CT molecular complexity index is 767. The molecule has 0 saturated carbocycles. The number of ether oxygens (including phenoxy) is 1. The summed E-state index contributed by atoms with van der Waals surface area (Å²) in [7, 11) is 0. The van der Waals surface area contributed by atoms with Gasteiger partial charge in [0.15, 0.2) is 0 Å². The summed E-state index contributed by atoms with van der Waals surface area (Å²) in [4.78, 5) is 30.7. The Morgan fingerprint density at radius 1 is 1.32 bits per heavy atom. The minimum atomic E-state index is -0.0658. The summed E-state index contributed by atoms with van der Waals surface area (Å²) in [6, 6.07) is 0. The number of nitrogens with one attached hydrogen (secondary N) is 1. The van der Waals surface area contributed by atoms with Crippen molar-refractivity contribution in [2.24, 2.45) is 0 Å². The van der Waals surface area contributed by atoms with Gasteiger partial charge in [-0.25, -0.2) is 4.98 Å². The van der Waals surface area contributed by atoms with E-state index in [1.807, 2.05) is 13.8 Å². The summed E-state index contributed by atoms with van der Waals surface area (Å²) in [5, 5.41) is 3.54. The molecule has 2 aromatic rings. The maximum atomic E-state index is 12.5. The molecule has 0 fully saturated rings. The molecule has 0 aliphatic heterocycles. The molecule has 0 aromatic carbocycles. The van der Waals surface area contributed by atoms with Crippen LogP contribution in [0.2, 0.25) is 0 Å². The monoisotopic (exact) mass is 365 g/mol. The van der Waals surface area contributed by atoms with Crippen molar-refractivity contribution in [1.82, 2.24) is 14.9 Å². The lowest BCUT2D eigenvalue weighted by Crippen LogP contribution is -2.28. The Labute approximate surface area is 152 Å². The first-order valence-corrected chi connectivity index (χ1v) is 9.65. The largest absolute Gasteiger partial charge is 0.381 e. The Kier molecular flexibility index (Phi) is 7.58. The first kappa shape index (κ1) is 19.6. The van der Waals surface area contributed by atoms with Gasteiger partial charge < -0.3 is 10.1 Å². The quantitative estimate of drug-likeness (QED) is 0.657. The van der Waals surface area contributed by atoms with Crippen LogP contribution < -0.4 is 10.9 Å². The molecule has 0 unspecified atom stereocenters. The van der Waals surface area contributed by atoms with Gasteiger partial charge in [-0.15, -0.1) is 11.3 Å². The van der Waals surface area contributed by atoms with Crippen LogP contribution in [0.3, 0.4) is 0 Å². The number of rotatable bonds is 10. The number of amides is 1. The maximum absolute atomic E-state index is 12.5. The summed E-state index contributed by atoms with van der Waals surface area (Å²) in [6.45, 7) is 8.45. The third-order valence-electron chi connectivity index (χ3n) is 4.17. The van der Waals surface area contributed by atoms with Gasteiger partial charge in [-0.05, 0) is 32.3 Å². The summed E-state index contributed by atoms with van der Waals surface area (Å²) in [5.41, 5.74) is 0.920. The minimum Gasteiger partial charge on any atom is -0.381 e. The smallest absolute Gasteiger partial charge is 0.262 e. The zero-order valence-electron chi connectivity index (χ0n) is 15.3. The van der Waals surface area contributed by atoms with Crippen LogP contribution in [0.5, 0.6) is 0 Å². The molecule has 138 valence electrons. The van der Waals surface area contributed by atoms with Crippen molar-refractivity contribution in [3.05, 3.63) is 27.1 Å². The normalized spacial score (nSPS) is 11.2. The predicted octanol–water partition coefficient (Wildman–Crippen LogP) is 2.79. The van der Waals surface area contributed by atoms with Crippen LogP contribution in [-0.4, -0.2) is 35.2 Å². The van der Waals surface area contributed by atoms with Crippen LogP contribution in [-0.2, 0) is 16.1 Å². The number of aryl methyl sites for hydroxylation is 3. The van der Waals surface area contributed by atoms with Gasteiger partial charge in [0.2, 0.25) is 5.91 Å². The number of carbonyl (C=O) groups is 1. The van der Waals surface area contributed by atoms with Gasteiger partial charge in [0.05, 0.1) is 11.7 Å². The number of nitrogens with zero attached hydrogens (tertiary/aromatic N) is 2. The third-order valence-corrected chi connectivity index (χ3v) is 5.28. The van der Waals surface area contributed by atoms with E-state index in [9.17, 15) is 9.59 Å². The molecular weight excluding hydrogens is 338 g/mol. The van der Waals surface area contributed by atoms with E-state index in [-0.39, 0.29) is 17.9 Å². The van der Waals surface area contributed by atoms with Gasteiger partial charge in [0, 0.05) is 37.6 Å². The first-order chi connectivity index (χ1) is 12.0. The lowest BCUT2D eigenvalue weighted by molar-refractivity contribution is -0.121. The topological polar surface area (TPSA) is 73.2 Å². The molecule has 0 spiro atoms. The Morgan fingerprint density at radius 2 is 2.08 bits per heavy atom. The molecule has 0 radical (unpaired) electrons. The zero-order valence-corrected chi connectivity index (χ0v) is 16.1. The molecule has 1 amide bonds. The molecule has 0 atom stereocenters. The Morgan fingerprint density at radius 3 is 2.84 bits per heavy atom. The summed E-state index contributed by atoms with van der Waals surface area (Å²) in [5.74, 6) is -0.0567. The van der Waals surface area contributed by atoms with E-state index in [1.54, 1.807) is 0 Å². The number of hydrogen-bond acceptors (Lipinski definition) is 5. The number of fused-ring (bicyclic) bond motifs is 1. The zero-order chi connectivity index (χ0) is 18.2. The van der Waals surface area contributed by atoms with Crippen LogP contribution in [0, 0.1) is 13.8 Å². The second kappa shape index (κ2) is 9.68. The first-order valence-electron chi connectivity index (χ1n) is 8.84. The molecule has 0 aliphatic carbocycles. The molecule has 25 heavy (non-hydrogen) atoms. The average molecular weight is 365 g/mol. The molecular formula is C18H27N3O3S. The SMILES string of the molecule is CCCCOCCCNC(=O)CCn1cnc2sc(C)c(C)c2c1=O.